The number of rotatable bonds is 8. The van der Waals surface area contributed by atoms with E-state index in [1.165, 1.54) is 12.2 Å². The molecule has 1 aromatic carbocycles. The summed E-state index contributed by atoms with van der Waals surface area (Å²) in [7, 11) is 0. The SMILES string of the molecule is CCOC(=O)/C=C/C1OC(=O)OC1CCOCc1ccccc1. The van der Waals surface area contributed by atoms with Crippen LogP contribution in [0.3, 0.4) is 0 Å². The van der Waals surface area contributed by atoms with E-state index in [9.17, 15) is 9.59 Å². The Morgan fingerprint density at radius 1 is 1.26 bits per heavy atom. The van der Waals surface area contributed by atoms with E-state index in [2.05, 4.69) is 0 Å². The smallest absolute Gasteiger partial charge is 0.463 e. The van der Waals surface area contributed by atoms with Crippen molar-refractivity contribution in [2.75, 3.05) is 13.2 Å². The van der Waals surface area contributed by atoms with Gasteiger partial charge in [0.2, 0.25) is 0 Å². The summed E-state index contributed by atoms with van der Waals surface area (Å²) in [5.41, 5.74) is 1.07. The minimum atomic E-state index is -0.739. The summed E-state index contributed by atoms with van der Waals surface area (Å²) in [5.74, 6) is -0.477. The average molecular weight is 320 g/mol. The van der Waals surface area contributed by atoms with Crippen molar-refractivity contribution in [1.29, 1.82) is 0 Å². The van der Waals surface area contributed by atoms with Crippen LogP contribution in [0.1, 0.15) is 18.9 Å². The fourth-order valence-electron chi connectivity index (χ4n) is 2.12. The second kappa shape index (κ2) is 8.95. The number of benzene rings is 1. The second-order valence-corrected chi connectivity index (χ2v) is 4.93. The summed E-state index contributed by atoms with van der Waals surface area (Å²) in [6.07, 6.45) is 1.39. The molecule has 0 spiro atoms. The van der Waals surface area contributed by atoms with Crippen molar-refractivity contribution >= 4 is 12.1 Å². The normalized spacial score (nSPS) is 20.3. The van der Waals surface area contributed by atoms with Gasteiger partial charge in [-0.05, 0) is 18.6 Å². The van der Waals surface area contributed by atoms with Gasteiger partial charge in [-0.2, -0.15) is 0 Å². The maximum absolute atomic E-state index is 11.3. The number of carbonyl (C=O) groups is 2. The van der Waals surface area contributed by atoms with Crippen LogP contribution in [0.2, 0.25) is 0 Å². The van der Waals surface area contributed by atoms with Crippen molar-refractivity contribution in [1.82, 2.24) is 0 Å². The highest BCUT2D eigenvalue weighted by atomic mass is 16.8. The predicted octanol–water partition coefficient (Wildman–Crippen LogP) is 2.62. The van der Waals surface area contributed by atoms with Crippen LogP contribution in [0.15, 0.2) is 42.5 Å². The van der Waals surface area contributed by atoms with Crippen LogP contribution >= 0.6 is 0 Å². The monoisotopic (exact) mass is 320 g/mol. The molecule has 2 rings (SSSR count). The first-order valence-electron chi connectivity index (χ1n) is 7.53. The van der Waals surface area contributed by atoms with E-state index in [1.54, 1.807) is 6.92 Å². The number of esters is 1. The molecule has 0 N–H and O–H groups in total. The molecule has 0 amide bonds. The minimum Gasteiger partial charge on any atom is -0.463 e. The van der Waals surface area contributed by atoms with E-state index in [-0.39, 0.29) is 0 Å². The Bertz CT molecular complexity index is 539. The van der Waals surface area contributed by atoms with Crippen molar-refractivity contribution in [3.8, 4) is 0 Å². The summed E-state index contributed by atoms with van der Waals surface area (Å²) in [4.78, 5) is 22.5. The lowest BCUT2D eigenvalue weighted by Crippen LogP contribution is -2.22. The molecule has 1 fully saturated rings. The lowest BCUT2D eigenvalue weighted by atomic mass is 10.1. The van der Waals surface area contributed by atoms with Gasteiger partial charge >= 0.3 is 12.1 Å². The highest BCUT2D eigenvalue weighted by Crippen LogP contribution is 2.19. The fraction of sp³-hybridized carbons (Fsp3) is 0.412. The van der Waals surface area contributed by atoms with Gasteiger partial charge in [-0.25, -0.2) is 9.59 Å². The van der Waals surface area contributed by atoms with Gasteiger partial charge in [0, 0.05) is 12.5 Å². The molecule has 23 heavy (non-hydrogen) atoms. The topological polar surface area (TPSA) is 71.1 Å². The van der Waals surface area contributed by atoms with Gasteiger partial charge in [0.1, 0.15) is 6.10 Å². The molecular weight excluding hydrogens is 300 g/mol. The van der Waals surface area contributed by atoms with Gasteiger partial charge in [0.05, 0.1) is 19.8 Å². The first-order valence-corrected chi connectivity index (χ1v) is 7.53. The lowest BCUT2D eigenvalue weighted by molar-refractivity contribution is -0.137. The molecule has 0 aliphatic carbocycles. The molecule has 1 saturated heterocycles. The molecule has 0 bridgehead atoms. The van der Waals surface area contributed by atoms with Crippen molar-refractivity contribution in [3.63, 3.8) is 0 Å². The highest BCUT2D eigenvalue weighted by Gasteiger charge is 2.34. The summed E-state index contributed by atoms with van der Waals surface area (Å²) in [6, 6.07) is 9.79. The van der Waals surface area contributed by atoms with Crippen LogP contribution < -0.4 is 0 Å². The quantitative estimate of drug-likeness (QED) is 0.416. The number of ether oxygens (including phenoxy) is 4. The molecule has 6 nitrogen and oxygen atoms in total. The maximum Gasteiger partial charge on any atom is 0.509 e. The zero-order valence-corrected chi connectivity index (χ0v) is 13.0. The van der Waals surface area contributed by atoms with Gasteiger partial charge in [0.15, 0.2) is 6.10 Å². The van der Waals surface area contributed by atoms with Crippen molar-refractivity contribution in [2.24, 2.45) is 0 Å². The Balaban J connectivity index is 1.76. The lowest BCUT2D eigenvalue weighted by Gasteiger charge is -2.12. The van der Waals surface area contributed by atoms with Gasteiger partial charge in [-0.3, -0.25) is 0 Å². The molecule has 1 heterocycles. The van der Waals surface area contributed by atoms with E-state index < -0.39 is 24.3 Å². The van der Waals surface area contributed by atoms with E-state index >= 15 is 0 Å². The molecule has 1 aliphatic rings. The number of cyclic esters (lactones) is 2. The van der Waals surface area contributed by atoms with Crippen molar-refractivity contribution in [2.45, 2.75) is 32.2 Å². The summed E-state index contributed by atoms with van der Waals surface area (Å²) in [5, 5.41) is 0. The standard InChI is InChI=1S/C17H20O6/c1-2-21-16(18)9-8-14-15(23-17(19)22-14)10-11-20-12-13-6-4-3-5-7-13/h3-9,14-15H,2,10-12H2,1H3/b9-8+. The van der Waals surface area contributed by atoms with Gasteiger partial charge in [-0.15, -0.1) is 0 Å². The van der Waals surface area contributed by atoms with Crippen LogP contribution in [-0.2, 0) is 30.3 Å². The summed E-state index contributed by atoms with van der Waals surface area (Å²) < 4.78 is 20.4. The average Bonchev–Trinajstić information content (AvgIpc) is 2.91. The third kappa shape index (κ3) is 5.75. The van der Waals surface area contributed by atoms with Gasteiger partial charge < -0.3 is 18.9 Å². The molecule has 2 atom stereocenters. The largest absolute Gasteiger partial charge is 0.509 e. The molecule has 2 unspecified atom stereocenters. The maximum atomic E-state index is 11.3. The molecule has 0 saturated carbocycles. The van der Waals surface area contributed by atoms with Gasteiger partial charge in [0.25, 0.3) is 0 Å². The highest BCUT2D eigenvalue weighted by molar-refractivity contribution is 5.82. The first-order chi connectivity index (χ1) is 11.2. The molecule has 0 aromatic heterocycles. The zero-order valence-electron chi connectivity index (χ0n) is 13.0. The Kier molecular flexibility index (Phi) is 6.62. The summed E-state index contributed by atoms with van der Waals surface area (Å²) in [6.45, 7) is 2.92. The fourth-order valence-corrected chi connectivity index (χ4v) is 2.12. The molecular formula is C17H20O6. The van der Waals surface area contributed by atoms with Crippen LogP contribution in [0.4, 0.5) is 4.79 Å². The predicted molar refractivity (Wildman–Crippen MR) is 81.6 cm³/mol. The van der Waals surface area contributed by atoms with Crippen LogP contribution in [-0.4, -0.2) is 37.5 Å². The molecule has 0 radical (unpaired) electrons. The molecule has 1 aromatic rings. The van der Waals surface area contributed by atoms with E-state index in [1.807, 2.05) is 30.3 Å². The van der Waals surface area contributed by atoms with Crippen LogP contribution in [0, 0.1) is 0 Å². The third-order valence-electron chi connectivity index (χ3n) is 3.21. The number of hydrogen-bond donors (Lipinski definition) is 0. The zero-order chi connectivity index (χ0) is 16.5. The third-order valence-corrected chi connectivity index (χ3v) is 3.21. The molecule has 124 valence electrons. The van der Waals surface area contributed by atoms with Crippen molar-refractivity contribution in [3.05, 3.63) is 48.0 Å². The Labute approximate surface area is 135 Å². The number of hydrogen-bond acceptors (Lipinski definition) is 6. The Morgan fingerprint density at radius 2 is 2.04 bits per heavy atom. The summed E-state index contributed by atoms with van der Waals surface area (Å²) >= 11 is 0. The second-order valence-electron chi connectivity index (χ2n) is 4.93. The van der Waals surface area contributed by atoms with E-state index in [4.69, 9.17) is 18.9 Å². The number of carbonyl (C=O) groups excluding carboxylic acids is 2. The molecule has 1 aliphatic heterocycles. The van der Waals surface area contributed by atoms with Crippen molar-refractivity contribution < 1.29 is 28.5 Å². The minimum absolute atomic E-state index is 0.293. The van der Waals surface area contributed by atoms with E-state index in [0.717, 1.165) is 5.56 Å². The Morgan fingerprint density at radius 3 is 2.78 bits per heavy atom. The van der Waals surface area contributed by atoms with Gasteiger partial charge in [-0.1, -0.05) is 30.3 Å². The van der Waals surface area contributed by atoms with E-state index in [0.29, 0.717) is 26.2 Å². The Hall–Kier alpha value is -2.34. The first kappa shape index (κ1) is 17.0. The molecule has 6 heteroatoms. The van der Waals surface area contributed by atoms with Crippen LogP contribution in [0.25, 0.3) is 0 Å². The van der Waals surface area contributed by atoms with Crippen LogP contribution in [0.5, 0.6) is 0 Å².